The molecule has 0 spiro atoms. The van der Waals surface area contributed by atoms with Crippen molar-refractivity contribution in [3.05, 3.63) is 71.4 Å². The third-order valence-electron chi connectivity index (χ3n) is 4.10. The zero-order valence-corrected chi connectivity index (χ0v) is 13.5. The van der Waals surface area contributed by atoms with Crippen LogP contribution in [0.1, 0.15) is 30.0 Å². The highest BCUT2D eigenvalue weighted by Crippen LogP contribution is 2.21. The first kappa shape index (κ1) is 14.9. The van der Waals surface area contributed by atoms with E-state index in [-0.39, 0.29) is 0 Å². The van der Waals surface area contributed by atoms with Crippen LogP contribution in [-0.2, 0) is 19.6 Å². The summed E-state index contributed by atoms with van der Waals surface area (Å²) >= 11 is 0. The lowest BCUT2D eigenvalue weighted by Gasteiger charge is -2.05. The van der Waals surface area contributed by atoms with Gasteiger partial charge in [0.15, 0.2) is 0 Å². The van der Waals surface area contributed by atoms with Crippen LogP contribution < -0.4 is 5.32 Å². The summed E-state index contributed by atoms with van der Waals surface area (Å²) < 4.78 is 2.37. The number of benzene rings is 2. The van der Waals surface area contributed by atoms with Gasteiger partial charge in [-0.3, -0.25) is 0 Å². The molecule has 0 amide bonds. The molecule has 2 aromatic carbocycles. The molecule has 0 fully saturated rings. The van der Waals surface area contributed by atoms with Crippen molar-refractivity contribution in [1.29, 1.82) is 0 Å². The van der Waals surface area contributed by atoms with E-state index < -0.39 is 0 Å². The molecule has 3 rings (SSSR count). The monoisotopic (exact) mass is 292 g/mol. The molecule has 0 saturated carbocycles. The van der Waals surface area contributed by atoms with Gasteiger partial charge in [0.1, 0.15) is 0 Å². The van der Waals surface area contributed by atoms with Crippen LogP contribution in [0.2, 0.25) is 0 Å². The van der Waals surface area contributed by atoms with Gasteiger partial charge in [-0.15, -0.1) is 0 Å². The number of para-hydroxylation sites is 1. The molecular formula is C20H24N2. The van der Waals surface area contributed by atoms with Crippen LogP contribution in [0.15, 0.2) is 54.7 Å². The number of hydrogen-bond acceptors (Lipinski definition) is 1. The summed E-state index contributed by atoms with van der Waals surface area (Å²) in [7, 11) is 0. The molecule has 0 unspecified atom stereocenters. The van der Waals surface area contributed by atoms with Gasteiger partial charge in [-0.05, 0) is 30.5 Å². The second kappa shape index (κ2) is 6.80. The van der Waals surface area contributed by atoms with E-state index in [0.29, 0.717) is 0 Å². The number of fused-ring (bicyclic) bond motifs is 1. The van der Waals surface area contributed by atoms with Crippen LogP contribution in [0.5, 0.6) is 0 Å². The molecule has 0 aliphatic carbocycles. The average Bonchev–Trinajstić information content (AvgIpc) is 2.88. The molecule has 0 radical (unpaired) electrons. The normalized spacial score (nSPS) is 11.2. The van der Waals surface area contributed by atoms with Crippen molar-refractivity contribution in [2.45, 2.75) is 39.9 Å². The van der Waals surface area contributed by atoms with E-state index in [1.807, 2.05) is 0 Å². The van der Waals surface area contributed by atoms with Gasteiger partial charge in [0.25, 0.3) is 0 Å². The van der Waals surface area contributed by atoms with Gasteiger partial charge in [0.2, 0.25) is 0 Å². The highest BCUT2D eigenvalue weighted by molar-refractivity contribution is 5.83. The summed E-state index contributed by atoms with van der Waals surface area (Å²) in [5, 5.41) is 4.94. The number of aryl methyl sites for hydroxylation is 2. The Hall–Kier alpha value is -2.06. The molecule has 0 aliphatic rings. The van der Waals surface area contributed by atoms with Crippen LogP contribution in [0.4, 0.5) is 0 Å². The van der Waals surface area contributed by atoms with E-state index in [2.05, 4.69) is 78.5 Å². The van der Waals surface area contributed by atoms with Crippen molar-refractivity contribution in [3.8, 4) is 0 Å². The van der Waals surface area contributed by atoms with Crippen molar-refractivity contribution in [1.82, 2.24) is 9.88 Å². The molecule has 0 saturated heterocycles. The van der Waals surface area contributed by atoms with E-state index >= 15 is 0 Å². The molecule has 1 aromatic heterocycles. The first-order chi connectivity index (χ1) is 10.8. The maximum atomic E-state index is 3.57. The fourth-order valence-corrected chi connectivity index (χ4v) is 2.94. The topological polar surface area (TPSA) is 17.0 Å². The molecule has 2 nitrogen and oxygen atoms in total. The highest BCUT2D eigenvalue weighted by Gasteiger charge is 2.07. The minimum absolute atomic E-state index is 0.908. The number of aromatic nitrogens is 1. The molecule has 1 N–H and O–H groups in total. The van der Waals surface area contributed by atoms with Gasteiger partial charge in [0.05, 0.1) is 0 Å². The smallest absolute Gasteiger partial charge is 0.0483 e. The summed E-state index contributed by atoms with van der Waals surface area (Å²) in [6.07, 6.45) is 3.46. The molecule has 3 aromatic rings. The Balaban J connectivity index is 1.72. The number of hydrogen-bond donors (Lipinski definition) is 1. The zero-order chi connectivity index (χ0) is 15.4. The Kier molecular flexibility index (Phi) is 4.59. The van der Waals surface area contributed by atoms with Gasteiger partial charge in [-0.25, -0.2) is 0 Å². The second-order valence-corrected chi connectivity index (χ2v) is 5.95. The van der Waals surface area contributed by atoms with Crippen molar-refractivity contribution < 1.29 is 0 Å². The minimum Gasteiger partial charge on any atom is -0.347 e. The summed E-state index contributed by atoms with van der Waals surface area (Å²) in [5.41, 5.74) is 5.38. The van der Waals surface area contributed by atoms with Crippen LogP contribution in [-0.4, -0.2) is 4.57 Å². The molecule has 22 heavy (non-hydrogen) atoms. The number of nitrogens with one attached hydrogen (secondary N) is 1. The van der Waals surface area contributed by atoms with Gasteiger partial charge in [-0.2, -0.15) is 0 Å². The first-order valence-corrected chi connectivity index (χ1v) is 8.11. The predicted octanol–water partition coefficient (Wildman–Crippen LogP) is 4.65. The molecular weight excluding hydrogens is 268 g/mol. The SMILES string of the molecule is CCCn1cc(CNCc2ccc(C)cc2)c2ccccc21. The van der Waals surface area contributed by atoms with Crippen molar-refractivity contribution >= 4 is 10.9 Å². The van der Waals surface area contributed by atoms with Crippen molar-refractivity contribution in [2.75, 3.05) is 0 Å². The lowest BCUT2D eigenvalue weighted by Crippen LogP contribution is -2.12. The van der Waals surface area contributed by atoms with Gasteiger partial charge in [-0.1, -0.05) is 55.0 Å². The van der Waals surface area contributed by atoms with Crippen molar-refractivity contribution in [3.63, 3.8) is 0 Å². The Morgan fingerprint density at radius 2 is 1.73 bits per heavy atom. The predicted molar refractivity (Wildman–Crippen MR) is 94.0 cm³/mol. The van der Waals surface area contributed by atoms with Gasteiger partial charge in [0, 0.05) is 36.7 Å². The third-order valence-corrected chi connectivity index (χ3v) is 4.10. The molecule has 0 aliphatic heterocycles. The summed E-state index contributed by atoms with van der Waals surface area (Å²) in [6, 6.07) is 17.4. The fourth-order valence-electron chi connectivity index (χ4n) is 2.94. The summed E-state index contributed by atoms with van der Waals surface area (Å²) in [5.74, 6) is 0. The van der Waals surface area contributed by atoms with E-state index in [9.17, 15) is 0 Å². The molecule has 2 heteroatoms. The minimum atomic E-state index is 0.908. The number of rotatable bonds is 6. The lowest BCUT2D eigenvalue weighted by molar-refractivity contribution is 0.677. The van der Waals surface area contributed by atoms with Gasteiger partial charge < -0.3 is 9.88 Å². The third kappa shape index (κ3) is 3.23. The van der Waals surface area contributed by atoms with Crippen LogP contribution >= 0.6 is 0 Å². The standard InChI is InChI=1S/C20H24N2/c1-3-12-22-15-18(19-6-4-5-7-20(19)22)14-21-13-17-10-8-16(2)9-11-17/h4-11,15,21H,3,12-14H2,1-2H3. The van der Waals surface area contributed by atoms with E-state index in [0.717, 1.165) is 26.1 Å². The van der Waals surface area contributed by atoms with E-state index in [4.69, 9.17) is 0 Å². The van der Waals surface area contributed by atoms with Gasteiger partial charge >= 0.3 is 0 Å². The number of nitrogens with zero attached hydrogens (tertiary/aromatic N) is 1. The summed E-state index contributed by atoms with van der Waals surface area (Å²) in [6.45, 7) is 7.25. The lowest BCUT2D eigenvalue weighted by atomic mass is 10.1. The highest BCUT2D eigenvalue weighted by atomic mass is 15.0. The largest absolute Gasteiger partial charge is 0.347 e. The maximum Gasteiger partial charge on any atom is 0.0483 e. The van der Waals surface area contributed by atoms with Crippen LogP contribution in [0.3, 0.4) is 0 Å². The quantitative estimate of drug-likeness (QED) is 0.700. The average molecular weight is 292 g/mol. The Bertz CT molecular complexity index is 738. The first-order valence-electron chi connectivity index (χ1n) is 8.11. The second-order valence-electron chi connectivity index (χ2n) is 5.95. The Labute approximate surface area is 132 Å². The van der Waals surface area contributed by atoms with E-state index in [1.165, 1.54) is 27.6 Å². The molecule has 0 bridgehead atoms. The Morgan fingerprint density at radius 3 is 2.50 bits per heavy atom. The van der Waals surface area contributed by atoms with Crippen LogP contribution in [0.25, 0.3) is 10.9 Å². The van der Waals surface area contributed by atoms with Crippen LogP contribution in [0, 0.1) is 6.92 Å². The molecule has 0 atom stereocenters. The molecule has 1 heterocycles. The van der Waals surface area contributed by atoms with Crippen molar-refractivity contribution in [2.24, 2.45) is 0 Å². The maximum absolute atomic E-state index is 3.57. The van der Waals surface area contributed by atoms with E-state index in [1.54, 1.807) is 0 Å². The zero-order valence-electron chi connectivity index (χ0n) is 13.5. The molecule has 114 valence electrons. The Morgan fingerprint density at radius 1 is 0.955 bits per heavy atom. The summed E-state index contributed by atoms with van der Waals surface area (Å²) in [4.78, 5) is 0. The fraction of sp³-hybridized carbons (Fsp3) is 0.300.